The molecule has 0 spiro atoms. The summed E-state index contributed by atoms with van der Waals surface area (Å²) in [5.41, 5.74) is 6.17. The summed E-state index contributed by atoms with van der Waals surface area (Å²) >= 11 is 3.31. The van der Waals surface area contributed by atoms with Gasteiger partial charge in [0.1, 0.15) is 0 Å². The van der Waals surface area contributed by atoms with E-state index in [0.29, 0.717) is 29.8 Å². The van der Waals surface area contributed by atoms with Crippen LogP contribution in [0.5, 0.6) is 0 Å². The minimum Gasteiger partial charge on any atom is -0.399 e. The van der Waals surface area contributed by atoms with Crippen molar-refractivity contribution in [1.82, 2.24) is 9.21 Å². The lowest BCUT2D eigenvalue weighted by molar-refractivity contribution is 0.312. The maximum Gasteiger partial charge on any atom is 0.244 e. The number of nitrogens with two attached hydrogens (primary N) is 1. The topological polar surface area (TPSA) is 66.6 Å². The molecule has 1 aromatic carbocycles. The zero-order valence-electron chi connectivity index (χ0n) is 13.0. The fourth-order valence-corrected chi connectivity index (χ4v) is 4.44. The summed E-state index contributed by atoms with van der Waals surface area (Å²) in [6.07, 6.45) is 0. The molecule has 0 amide bonds. The molecule has 0 atom stereocenters. The lowest BCUT2D eigenvalue weighted by atomic mass is 10.2. The average molecular weight is 378 g/mol. The van der Waals surface area contributed by atoms with Gasteiger partial charge in [-0.1, -0.05) is 13.8 Å². The third-order valence-electron chi connectivity index (χ3n) is 2.94. The van der Waals surface area contributed by atoms with Crippen LogP contribution < -0.4 is 5.73 Å². The summed E-state index contributed by atoms with van der Waals surface area (Å²) in [5.74, 6) is 0.252. The van der Waals surface area contributed by atoms with Crippen LogP contribution in [-0.2, 0) is 10.0 Å². The molecule has 0 heterocycles. The van der Waals surface area contributed by atoms with Gasteiger partial charge in [0.15, 0.2) is 0 Å². The van der Waals surface area contributed by atoms with Gasteiger partial charge in [-0.3, -0.25) is 0 Å². The highest BCUT2D eigenvalue weighted by atomic mass is 79.9. The second kappa shape index (κ2) is 7.58. The molecular weight excluding hydrogens is 354 g/mol. The molecule has 7 heteroatoms. The zero-order valence-corrected chi connectivity index (χ0v) is 15.4. The highest BCUT2D eigenvalue weighted by molar-refractivity contribution is 9.10. The van der Waals surface area contributed by atoms with E-state index in [1.165, 1.54) is 10.4 Å². The molecule has 0 aliphatic heterocycles. The van der Waals surface area contributed by atoms with Gasteiger partial charge in [0, 0.05) is 29.8 Å². The number of rotatable bonds is 7. The Balaban J connectivity index is 3.16. The molecule has 2 N–H and O–H groups in total. The highest BCUT2D eigenvalue weighted by Crippen LogP contribution is 2.27. The molecule has 0 saturated heterocycles. The lowest BCUT2D eigenvalue weighted by Gasteiger charge is -2.26. The Bertz CT molecular complexity index is 574. The van der Waals surface area contributed by atoms with Crippen LogP contribution in [0.1, 0.15) is 13.8 Å². The summed E-state index contributed by atoms with van der Waals surface area (Å²) in [6.45, 7) is 5.62. The molecular formula is C14H24BrN3O2S. The lowest BCUT2D eigenvalue weighted by Crippen LogP contribution is -2.39. The van der Waals surface area contributed by atoms with E-state index in [2.05, 4.69) is 15.9 Å². The molecule has 120 valence electrons. The van der Waals surface area contributed by atoms with Gasteiger partial charge in [-0.05, 0) is 54.1 Å². The van der Waals surface area contributed by atoms with Gasteiger partial charge in [-0.2, -0.15) is 4.31 Å². The van der Waals surface area contributed by atoms with Crippen LogP contribution in [0.15, 0.2) is 27.6 Å². The van der Waals surface area contributed by atoms with Gasteiger partial charge in [0.25, 0.3) is 0 Å². The zero-order chi connectivity index (χ0) is 16.2. The Hall–Kier alpha value is -0.630. The molecule has 0 fully saturated rings. The van der Waals surface area contributed by atoms with Crippen molar-refractivity contribution in [3.63, 3.8) is 0 Å². The van der Waals surface area contributed by atoms with Crippen molar-refractivity contribution in [2.45, 2.75) is 18.7 Å². The van der Waals surface area contributed by atoms with Crippen LogP contribution >= 0.6 is 15.9 Å². The average Bonchev–Trinajstić information content (AvgIpc) is 2.36. The van der Waals surface area contributed by atoms with Gasteiger partial charge >= 0.3 is 0 Å². The fourth-order valence-electron chi connectivity index (χ4n) is 1.89. The fraction of sp³-hybridized carbons (Fsp3) is 0.571. The second-order valence-corrected chi connectivity index (χ2v) is 8.51. The molecule has 5 nitrogen and oxygen atoms in total. The SMILES string of the molecule is CC(C)CN(CCN(C)C)S(=O)(=O)c1cc(N)ccc1Br. The van der Waals surface area contributed by atoms with Crippen molar-refractivity contribution in [2.75, 3.05) is 39.5 Å². The molecule has 0 unspecified atom stereocenters. The first-order chi connectivity index (χ1) is 9.64. The van der Waals surface area contributed by atoms with Gasteiger partial charge in [0.2, 0.25) is 10.0 Å². The number of anilines is 1. The van der Waals surface area contributed by atoms with Crippen molar-refractivity contribution in [2.24, 2.45) is 5.92 Å². The van der Waals surface area contributed by atoms with Gasteiger partial charge in [0.05, 0.1) is 4.90 Å². The Morgan fingerprint density at radius 2 is 1.86 bits per heavy atom. The van der Waals surface area contributed by atoms with E-state index in [0.717, 1.165) is 0 Å². The summed E-state index contributed by atoms with van der Waals surface area (Å²) in [5, 5.41) is 0. The van der Waals surface area contributed by atoms with Crippen LogP contribution in [0.4, 0.5) is 5.69 Å². The number of nitrogens with zero attached hydrogens (tertiary/aromatic N) is 2. The van der Waals surface area contributed by atoms with Crippen molar-refractivity contribution < 1.29 is 8.42 Å². The molecule has 21 heavy (non-hydrogen) atoms. The van der Waals surface area contributed by atoms with Gasteiger partial charge < -0.3 is 10.6 Å². The second-order valence-electron chi connectivity index (χ2n) is 5.75. The normalized spacial score (nSPS) is 12.6. The van der Waals surface area contributed by atoms with Crippen molar-refractivity contribution in [3.05, 3.63) is 22.7 Å². The van der Waals surface area contributed by atoms with Crippen LogP contribution in [0.2, 0.25) is 0 Å². The van der Waals surface area contributed by atoms with Crippen LogP contribution in [0, 0.1) is 5.92 Å². The van der Waals surface area contributed by atoms with Crippen molar-refractivity contribution >= 4 is 31.6 Å². The number of hydrogen-bond donors (Lipinski definition) is 1. The molecule has 0 aromatic heterocycles. The Morgan fingerprint density at radius 1 is 1.24 bits per heavy atom. The third-order valence-corrected chi connectivity index (χ3v) is 5.80. The number of nitrogen functional groups attached to an aromatic ring is 1. The van der Waals surface area contributed by atoms with E-state index in [1.807, 2.05) is 32.8 Å². The molecule has 0 aliphatic carbocycles. The van der Waals surface area contributed by atoms with Crippen LogP contribution in [0.25, 0.3) is 0 Å². The van der Waals surface area contributed by atoms with E-state index in [1.54, 1.807) is 12.1 Å². The summed E-state index contributed by atoms with van der Waals surface area (Å²) in [7, 11) is 0.289. The minimum absolute atomic E-state index is 0.224. The molecule has 0 bridgehead atoms. The molecule has 1 rings (SSSR count). The first-order valence-corrected chi connectivity index (χ1v) is 9.07. The standard InChI is InChI=1S/C14H24BrN3O2S/c1-11(2)10-18(8-7-17(3)4)21(19,20)14-9-12(16)5-6-13(14)15/h5-6,9,11H,7-8,10,16H2,1-4H3. The van der Waals surface area contributed by atoms with E-state index in [-0.39, 0.29) is 10.8 Å². The largest absolute Gasteiger partial charge is 0.399 e. The van der Waals surface area contributed by atoms with Crippen LogP contribution in [-0.4, -0.2) is 51.4 Å². The predicted molar refractivity (Wildman–Crippen MR) is 90.7 cm³/mol. The summed E-state index contributed by atoms with van der Waals surface area (Å²) in [4.78, 5) is 2.19. The number of benzene rings is 1. The highest BCUT2D eigenvalue weighted by Gasteiger charge is 2.27. The quantitative estimate of drug-likeness (QED) is 0.739. The smallest absolute Gasteiger partial charge is 0.244 e. The molecule has 0 radical (unpaired) electrons. The maximum atomic E-state index is 12.9. The Kier molecular flexibility index (Phi) is 6.65. The van der Waals surface area contributed by atoms with E-state index in [9.17, 15) is 8.42 Å². The van der Waals surface area contributed by atoms with Crippen LogP contribution in [0.3, 0.4) is 0 Å². The maximum absolute atomic E-state index is 12.9. The van der Waals surface area contributed by atoms with Crippen molar-refractivity contribution in [3.8, 4) is 0 Å². The number of halogens is 1. The molecule has 0 aliphatic rings. The first kappa shape index (κ1) is 18.4. The number of likely N-dealkylation sites (N-methyl/N-ethyl adjacent to an activating group) is 1. The van der Waals surface area contributed by atoms with Crippen molar-refractivity contribution in [1.29, 1.82) is 0 Å². The van der Waals surface area contributed by atoms with Gasteiger partial charge in [-0.15, -0.1) is 0 Å². The molecule has 0 saturated carbocycles. The Morgan fingerprint density at radius 3 is 2.38 bits per heavy atom. The monoisotopic (exact) mass is 377 g/mol. The minimum atomic E-state index is -3.57. The predicted octanol–water partition coefficient (Wildman–Crippen LogP) is 2.24. The Labute approximate surface area is 136 Å². The molecule has 1 aromatic rings. The third kappa shape index (κ3) is 5.25. The van der Waals surface area contributed by atoms with Gasteiger partial charge in [-0.25, -0.2) is 8.42 Å². The number of hydrogen-bond acceptors (Lipinski definition) is 4. The summed E-state index contributed by atoms with van der Waals surface area (Å²) < 4.78 is 27.8. The van der Waals surface area contributed by atoms with E-state index in [4.69, 9.17) is 5.73 Å². The number of sulfonamides is 1. The first-order valence-electron chi connectivity index (χ1n) is 6.84. The summed E-state index contributed by atoms with van der Waals surface area (Å²) in [6, 6.07) is 4.85. The van der Waals surface area contributed by atoms with E-state index >= 15 is 0 Å². The van der Waals surface area contributed by atoms with E-state index < -0.39 is 10.0 Å².